The first-order chi connectivity index (χ1) is 25.8. The molecule has 0 aliphatic rings. The highest BCUT2D eigenvalue weighted by Crippen LogP contribution is 2.40. The van der Waals surface area contributed by atoms with Gasteiger partial charge in [0.25, 0.3) is 0 Å². The number of aromatic nitrogens is 1. The molecule has 0 spiro atoms. The van der Waals surface area contributed by atoms with E-state index in [9.17, 15) is 0 Å². The zero-order valence-corrected chi connectivity index (χ0v) is 28.5. The van der Waals surface area contributed by atoms with Crippen LogP contribution in [0.15, 0.2) is 206 Å². The second kappa shape index (κ2) is 12.5. The minimum atomic E-state index is 1.11. The highest BCUT2D eigenvalue weighted by Gasteiger charge is 2.16. The van der Waals surface area contributed by atoms with Crippen LogP contribution in [0.5, 0.6) is 0 Å². The molecule has 52 heavy (non-hydrogen) atoms. The lowest BCUT2D eigenvalue weighted by Gasteiger charge is -2.26. The maximum Gasteiger partial charge on any atom is 0.0541 e. The van der Waals surface area contributed by atoms with Crippen molar-refractivity contribution < 1.29 is 0 Å². The minimum absolute atomic E-state index is 1.11. The number of anilines is 3. The molecule has 244 valence electrons. The van der Waals surface area contributed by atoms with Crippen LogP contribution in [0.25, 0.3) is 71.3 Å². The van der Waals surface area contributed by atoms with Crippen LogP contribution in [0.3, 0.4) is 0 Å². The molecule has 0 bridgehead atoms. The lowest BCUT2D eigenvalue weighted by molar-refractivity contribution is 1.17. The Balaban J connectivity index is 1.06. The van der Waals surface area contributed by atoms with Gasteiger partial charge >= 0.3 is 0 Å². The van der Waals surface area contributed by atoms with Crippen molar-refractivity contribution in [3.8, 4) is 27.9 Å². The normalized spacial score (nSPS) is 11.5. The number of rotatable bonds is 6. The molecule has 2 nitrogen and oxygen atoms in total. The van der Waals surface area contributed by atoms with Crippen LogP contribution in [-0.4, -0.2) is 4.57 Å². The van der Waals surface area contributed by atoms with Gasteiger partial charge in [-0.05, 0) is 111 Å². The van der Waals surface area contributed by atoms with Crippen LogP contribution >= 0.6 is 0 Å². The first-order valence-corrected chi connectivity index (χ1v) is 17.9. The van der Waals surface area contributed by atoms with E-state index in [0.717, 1.165) is 22.7 Å². The Morgan fingerprint density at radius 1 is 0.327 bits per heavy atom. The molecule has 0 fully saturated rings. The molecule has 1 heterocycles. The van der Waals surface area contributed by atoms with Gasteiger partial charge in [-0.1, -0.05) is 140 Å². The number of hydrogen-bond acceptors (Lipinski definition) is 1. The highest BCUT2D eigenvalue weighted by molar-refractivity contribution is 6.09. The van der Waals surface area contributed by atoms with E-state index in [2.05, 4.69) is 216 Å². The van der Waals surface area contributed by atoms with E-state index < -0.39 is 0 Å². The van der Waals surface area contributed by atoms with E-state index in [1.54, 1.807) is 0 Å². The Morgan fingerprint density at radius 2 is 0.865 bits per heavy atom. The average Bonchev–Trinajstić information content (AvgIpc) is 3.56. The highest BCUT2D eigenvalue weighted by atomic mass is 15.1. The number of hydrogen-bond donors (Lipinski definition) is 0. The quantitative estimate of drug-likeness (QED) is 0.172. The van der Waals surface area contributed by atoms with Gasteiger partial charge in [-0.25, -0.2) is 0 Å². The minimum Gasteiger partial charge on any atom is -0.310 e. The van der Waals surface area contributed by atoms with Crippen molar-refractivity contribution in [2.75, 3.05) is 4.90 Å². The maximum atomic E-state index is 2.37. The van der Waals surface area contributed by atoms with Crippen LogP contribution < -0.4 is 4.90 Å². The Hall–Kier alpha value is -6.90. The van der Waals surface area contributed by atoms with Gasteiger partial charge in [-0.3, -0.25) is 0 Å². The molecule has 0 aliphatic heterocycles. The predicted octanol–water partition coefficient (Wildman–Crippen LogP) is 13.9. The van der Waals surface area contributed by atoms with Crippen molar-refractivity contribution in [2.45, 2.75) is 0 Å². The van der Waals surface area contributed by atoms with Crippen molar-refractivity contribution in [3.05, 3.63) is 206 Å². The van der Waals surface area contributed by atoms with Gasteiger partial charge in [0.1, 0.15) is 0 Å². The molecule has 0 atom stereocenters. The molecule has 0 N–H and O–H groups in total. The fourth-order valence-corrected chi connectivity index (χ4v) is 7.96. The fraction of sp³-hybridized carbons (Fsp3) is 0. The van der Waals surface area contributed by atoms with Crippen LogP contribution in [0, 0.1) is 0 Å². The summed E-state index contributed by atoms with van der Waals surface area (Å²) in [5.41, 5.74) is 11.9. The summed E-state index contributed by atoms with van der Waals surface area (Å²) in [6.07, 6.45) is 0. The van der Waals surface area contributed by atoms with Gasteiger partial charge in [-0.15, -0.1) is 0 Å². The van der Waals surface area contributed by atoms with E-state index in [1.165, 1.54) is 65.6 Å². The zero-order valence-electron chi connectivity index (χ0n) is 28.5. The summed E-state index contributed by atoms with van der Waals surface area (Å²) in [4.78, 5) is 2.35. The summed E-state index contributed by atoms with van der Waals surface area (Å²) >= 11 is 0. The van der Waals surface area contributed by atoms with Gasteiger partial charge in [0.05, 0.1) is 11.0 Å². The smallest absolute Gasteiger partial charge is 0.0541 e. The Bertz CT molecular complexity index is 2830. The standard InChI is InChI=1S/C50H34N2/c1-3-13-35(14-4-1)44-21-11-15-36-16-12-22-45(50(36)44)39-26-25-38-34-43(28-27-37(38)33-39)51(40-17-5-2-6-18-40)41-29-31-42(32-30-41)52-48-23-9-7-19-46(48)47-20-8-10-24-49(47)52/h1-34H. The SMILES string of the molecule is c1ccc(-c2cccc3cccc(-c4ccc5cc(N(c6ccccc6)c6ccc(-n7c8ccccc8c8ccccc87)cc6)ccc5c4)c23)cc1. The van der Waals surface area contributed by atoms with Crippen molar-refractivity contribution in [2.24, 2.45) is 0 Å². The van der Waals surface area contributed by atoms with Crippen LogP contribution in [0.1, 0.15) is 0 Å². The molecule has 0 amide bonds. The monoisotopic (exact) mass is 662 g/mol. The summed E-state index contributed by atoms with van der Waals surface area (Å²) in [5.74, 6) is 0. The first kappa shape index (κ1) is 30.0. The lowest BCUT2D eigenvalue weighted by Crippen LogP contribution is -2.10. The van der Waals surface area contributed by atoms with Gasteiger partial charge < -0.3 is 9.47 Å². The van der Waals surface area contributed by atoms with Crippen LogP contribution in [-0.2, 0) is 0 Å². The van der Waals surface area contributed by atoms with Crippen molar-refractivity contribution in [3.63, 3.8) is 0 Å². The van der Waals surface area contributed by atoms with E-state index >= 15 is 0 Å². The predicted molar refractivity (Wildman–Crippen MR) is 221 cm³/mol. The Labute approximate surface area is 303 Å². The average molecular weight is 663 g/mol. The number of nitrogens with zero attached hydrogens (tertiary/aromatic N) is 2. The summed E-state index contributed by atoms with van der Waals surface area (Å²) in [7, 11) is 0. The zero-order chi connectivity index (χ0) is 34.4. The summed E-state index contributed by atoms with van der Waals surface area (Å²) in [6.45, 7) is 0. The number of fused-ring (bicyclic) bond motifs is 5. The third-order valence-electron chi connectivity index (χ3n) is 10.3. The van der Waals surface area contributed by atoms with Crippen LogP contribution in [0.4, 0.5) is 17.1 Å². The second-order valence-corrected chi connectivity index (χ2v) is 13.4. The molecular weight excluding hydrogens is 629 g/mol. The molecule has 0 saturated carbocycles. The Kier molecular flexibility index (Phi) is 7.18. The molecule has 0 saturated heterocycles. The molecular formula is C50H34N2. The van der Waals surface area contributed by atoms with E-state index in [0.29, 0.717) is 0 Å². The summed E-state index contributed by atoms with van der Waals surface area (Å²) < 4.78 is 2.37. The van der Waals surface area contributed by atoms with Crippen molar-refractivity contribution in [1.82, 2.24) is 4.57 Å². The number of para-hydroxylation sites is 3. The molecule has 10 rings (SSSR count). The largest absolute Gasteiger partial charge is 0.310 e. The van der Waals surface area contributed by atoms with Crippen molar-refractivity contribution in [1.29, 1.82) is 0 Å². The molecule has 0 radical (unpaired) electrons. The number of benzene rings is 9. The molecule has 9 aromatic carbocycles. The third-order valence-corrected chi connectivity index (χ3v) is 10.3. The van der Waals surface area contributed by atoms with Gasteiger partial charge in [0, 0.05) is 33.5 Å². The molecule has 0 unspecified atom stereocenters. The molecule has 10 aromatic rings. The van der Waals surface area contributed by atoms with E-state index in [4.69, 9.17) is 0 Å². The van der Waals surface area contributed by atoms with E-state index in [1.807, 2.05) is 0 Å². The van der Waals surface area contributed by atoms with Gasteiger partial charge in [0.15, 0.2) is 0 Å². The van der Waals surface area contributed by atoms with Crippen molar-refractivity contribution >= 4 is 60.4 Å². The third kappa shape index (κ3) is 5.04. The van der Waals surface area contributed by atoms with E-state index in [-0.39, 0.29) is 0 Å². The molecule has 0 aliphatic carbocycles. The summed E-state index contributed by atoms with van der Waals surface area (Å²) in [6, 6.07) is 74.6. The maximum absolute atomic E-state index is 2.37. The molecule has 1 aromatic heterocycles. The van der Waals surface area contributed by atoms with Gasteiger partial charge in [-0.2, -0.15) is 0 Å². The topological polar surface area (TPSA) is 8.17 Å². The van der Waals surface area contributed by atoms with Crippen LogP contribution in [0.2, 0.25) is 0 Å². The first-order valence-electron chi connectivity index (χ1n) is 17.9. The summed E-state index contributed by atoms with van der Waals surface area (Å²) in [5, 5.41) is 7.48. The second-order valence-electron chi connectivity index (χ2n) is 13.4. The fourth-order valence-electron chi connectivity index (χ4n) is 7.96. The van der Waals surface area contributed by atoms with Gasteiger partial charge in [0.2, 0.25) is 0 Å². The molecule has 2 heteroatoms. The lowest BCUT2D eigenvalue weighted by atomic mass is 9.91. The Morgan fingerprint density at radius 3 is 1.56 bits per heavy atom.